The second-order valence-corrected chi connectivity index (χ2v) is 1.75. The van der Waals surface area contributed by atoms with Gasteiger partial charge in [0, 0.05) is 6.42 Å². The van der Waals surface area contributed by atoms with E-state index < -0.39 is 0 Å². The molecule has 1 rings (SSSR count). The van der Waals surface area contributed by atoms with Crippen molar-refractivity contribution in [2.75, 3.05) is 0 Å². The van der Waals surface area contributed by atoms with Gasteiger partial charge in [0.15, 0.2) is 0 Å². The minimum absolute atomic E-state index is 0.0729. The molecule has 0 bridgehead atoms. The molecule has 0 fully saturated rings. The van der Waals surface area contributed by atoms with Gasteiger partial charge in [0.25, 0.3) is 0 Å². The van der Waals surface area contributed by atoms with E-state index in [4.69, 9.17) is 10.4 Å². The first kappa shape index (κ1) is 5.90. The largest absolute Gasteiger partial charge is 0.507 e. The van der Waals surface area contributed by atoms with Crippen LogP contribution in [0.3, 0.4) is 0 Å². The van der Waals surface area contributed by atoms with Crippen LogP contribution in [0.5, 0.6) is 0 Å². The van der Waals surface area contributed by atoms with Crippen LogP contribution in [0, 0.1) is 17.8 Å². The summed E-state index contributed by atoms with van der Waals surface area (Å²) in [7, 11) is 0. The summed E-state index contributed by atoms with van der Waals surface area (Å²) in [4.78, 5) is 0. The molecule has 0 aromatic heterocycles. The first-order chi connectivity index (χ1) is 4.34. The van der Waals surface area contributed by atoms with Gasteiger partial charge in [0.1, 0.15) is 5.76 Å². The van der Waals surface area contributed by atoms with Crippen molar-refractivity contribution < 1.29 is 5.11 Å². The van der Waals surface area contributed by atoms with Crippen LogP contribution in [0.25, 0.3) is 0 Å². The molecule has 1 N–H and O–H groups in total. The molecule has 0 saturated heterocycles. The molecule has 1 radical (unpaired) electrons. The zero-order valence-corrected chi connectivity index (χ0v) is 4.83. The maximum Gasteiger partial charge on any atom is 0.129 e. The standard InChI is InChI=1S/C7H6NO/c8-5-6-3-1-2-4-7(6)9/h2-4,9H,1H2. The highest BCUT2D eigenvalue weighted by atomic mass is 16.3. The molecule has 2 nitrogen and oxygen atoms in total. The van der Waals surface area contributed by atoms with Crippen LogP contribution in [0.2, 0.25) is 0 Å². The Morgan fingerprint density at radius 3 is 2.89 bits per heavy atom. The molecular formula is C7H6NO. The van der Waals surface area contributed by atoms with Crippen molar-refractivity contribution >= 4 is 0 Å². The monoisotopic (exact) mass is 120 g/mol. The van der Waals surface area contributed by atoms with E-state index in [-0.39, 0.29) is 5.76 Å². The van der Waals surface area contributed by atoms with Gasteiger partial charge < -0.3 is 5.11 Å². The second-order valence-electron chi connectivity index (χ2n) is 1.75. The molecule has 0 aliphatic heterocycles. The number of allylic oxidation sites excluding steroid dienone is 3. The summed E-state index contributed by atoms with van der Waals surface area (Å²) in [6, 6.07) is 1.88. The van der Waals surface area contributed by atoms with Gasteiger partial charge in [-0.15, -0.1) is 0 Å². The van der Waals surface area contributed by atoms with Gasteiger partial charge in [-0.25, -0.2) is 0 Å². The van der Waals surface area contributed by atoms with Crippen molar-refractivity contribution in [3.05, 3.63) is 29.9 Å². The summed E-state index contributed by atoms with van der Waals surface area (Å²) < 4.78 is 0. The van der Waals surface area contributed by atoms with E-state index >= 15 is 0 Å². The van der Waals surface area contributed by atoms with Crippen molar-refractivity contribution in [2.45, 2.75) is 6.42 Å². The minimum Gasteiger partial charge on any atom is -0.507 e. The summed E-state index contributed by atoms with van der Waals surface area (Å²) in [5.41, 5.74) is 0.373. The normalized spacial score (nSPS) is 17.7. The molecule has 0 amide bonds. The molecule has 2 heteroatoms. The quantitative estimate of drug-likeness (QED) is 0.526. The lowest BCUT2D eigenvalue weighted by Crippen LogP contribution is -1.91. The zero-order valence-electron chi connectivity index (χ0n) is 4.83. The maximum absolute atomic E-state index is 8.91. The molecule has 0 saturated carbocycles. The van der Waals surface area contributed by atoms with Crippen LogP contribution in [0.1, 0.15) is 6.42 Å². The number of nitrogens with zero attached hydrogens (tertiary/aromatic N) is 1. The van der Waals surface area contributed by atoms with Crippen LogP contribution in [-0.4, -0.2) is 5.11 Å². The van der Waals surface area contributed by atoms with Crippen LogP contribution < -0.4 is 0 Å². The first-order valence-corrected chi connectivity index (χ1v) is 2.67. The van der Waals surface area contributed by atoms with E-state index in [0.717, 1.165) is 6.42 Å². The lowest BCUT2D eigenvalue weighted by molar-refractivity contribution is 0.426. The lowest BCUT2D eigenvalue weighted by atomic mass is 10.1. The molecule has 1 aliphatic carbocycles. The Morgan fingerprint density at radius 2 is 2.44 bits per heavy atom. The predicted octanol–water partition coefficient (Wildman–Crippen LogP) is 1.49. The lowest BCUT2D eigenvalue weighted by Gasteiger charge is -2.01. The predicted molar refractivity (Wildman–Crippen MR) is 33.3 cm³/mol. The topological polar surface area (TPSA) is 44.0 Å². The van der Waals surface area contributed by atoms with Gasteiger partial charge in [-0.2, -0.15) is 5.26 Å². The highest BCUT2D eigenvalue weighted by molar-refractivity contribution is 5.39. The number of rotatable bonds is 0. The maximum atomic E-state index is 8.91. The summed E-state index contributed by atoms with van der Waals surface area (Å²) in [5.74, 6) is 0.0729. The van der Waals surface area contributed by atoms with E-state index in [1.807, 2.05) is 6.07 Å². The van der Waals surface area contributed by atoms with Crippen LogP contribution >= 0.6 is 0 Å². The minimum atomic E-state index is 0.0729. The summed E-state index contributed by atoms with van der Waals surface area (Å²) in [6.07, 6.45) is 5.77. The number of hydrogen-bond donors (Lipinski definition) is 1. The third-order valence-corrected chi connectivity index (χ3v) is 1.13. The van der Waals surface area contributed by atoms with E-state index in [1.165, 1.54) is 0 Å². The van der Waals surface area contributed by atoms with Gasteiger partial charge in [-0.05, 0) is 12.5 Å². The molecule has 45 valence electrons. The van der Waals surface area contributed by atoms with Crippen molar-refractivity contribution in [3.8, 4) is 6.07 Å². The average molecular weight is 120 g/mol. The number of nitriles is 1. The molecule has 9 heavy (non-hydrogen) atoms. The Hall–Kier alpha value is -1.23. The van der Waals surface area contributed by atoms with Crippen molar-refractivity contribution in [2.24, 2.45) is 0 Å². The van der Waals surface area contributed by atoms with Crippen LogP contribution in [0.4, 0.5) is 0 Å². The second kappa shape index (κ2) is 2.36. The molecule has 1 aliphatic rings. The number of aliphatic hydroxyl groups excluding tert-OH is 1. The van der Waals surface area contributed by atoms with Crippen molar-refractivity contribution in [1.29, 1.82) is 5.26 Å². The van der Waals surface area contributed by atoms with Gasteiger partial charge in [-0.3, -0.25) is 0 Å². The molecule has 0 aromatic rings. The van der Waals surface area contributed by atoms with Gasteiger partial charge >= 0.3 is 0 Å². The Labute approximate surface area is 53.7 Å². The third-order valence-electron chi connectivity index (χ3n) is 1.13. The Bertz CT molecular complexity index is 207. The third kappa shape index (κ3) is 1.11. The fraction of sp³-hybridized carbons (Fsp3) is 0.143. The van der Waals surface area contributed by atoms with E-state index in [0.29, 0.717) is 5.57 Å². The average Bonchev–Trinajstić information content (AvgIpc) is 1.89. The smallest absolute Gasteiger partial charge is 0.129 e. The summed E-state index contributed by atoms with van der Waals surface area (Å²) >= 11 is 0. The van der Waals surface area contributed by atoms with Gasteiger partial charge in [0.05, 0.1) is 11.6 Å². The highest BCUT2D eigenvalue weighted by Crippen LogP contribution is 2.13. The Morgan fingerprint density at radius 1 is 1.67 bits per heavy atom. The van der Waals surface area contributed by atoms with Crippen LogP contribution in [-0.2, 0) is 0 Å². The molecule has 0 heterocycles. The molecule has 0 unspecified atom stereocenters. The van der Waals surface area contributed by atoms with Crippen molar-refractivity contribution in [1.82, 2.24) is 0 Å². The summed E-state index contributed by atoms with van der Waals surface area (Å²) in [5, 5.41) is 17.2. The fourth-order valence-electron chi connectivity index (χ4n) is 0.663. The van der Waals surface area contributed by atoms with E-state index in [9.17, 15) is 0 Å². The Kier molecular flexibility index (Phi) is 1.55. The number of aliphatic hydroxyl groups is 1. The SMILES string of the molecule is N#CC1=C(O)C=CC[CH]1. The highest BCUT2D eigenvalue weighted by Gasteiger charge is 2.04. The molecular weight excluding hydrogens is 114 g/mol. The van der Waals surface area contributed by atoms with Gasteiger partial charge in [-0.1, -0.05) is 6.08 Å². The first-order valence-electron chi connectivity index (χ1n) is 2.67. The Balaban J connectivity index is 2.88. The van der Waals surface area contributed by atoms with Gasteiger partial charge in [0.2, 0.25) is 0 Å². The fourth-order valence-corrected chi connectivity index (χ4v) is 0.663. The van der Waals surface area contributed by atoms with E-state index in [1.54, 1.807) is 18.6 Å². The van der Waals surface area contributed by atoms with Crippen LogP contribution in [0.15, 0.2) is 23.5 Å². The zero-order chi connectivity index (χ0) is 6.69. The number of hydrogen-bond acceptors (Lipinski definition) is 2. The molecule has 0 aromatic carbocycles. The van der Waals surface area contributed by atoms with Crippen molar-refractivity contribution in [3.63, 3.8) is 0 Å². The molecule has 0 atom stereocenters. The summed E-state index contributed by atoms with van der Waals surface area (Å²) in [6.45, 7) is 0. The molecule has 0 spiro atoms. The van der Waals surface area contributed by atoms with E-state index in [2.05, 4.69) is 0 Å².